The van der Waals surface area contributed by atoms with Gasteiger partial charge in [-0.15, -0.1) is 0 Å². The zero-order chi connectivity index (χ0) is 9.47. The van der Waals surface area contributed by atoms with Crippen molar-refractivity contribution in [2.75, 3.05) is 19.3 Å². The molecular weight excluding hydrogens is 186 g/mol. The van der Waals surface area contributed by atoms with Gasteiger partial charge in [0.1, 0.15) is 0 Å². The maximum Gasteiger partial charge on any atom is 0.225 e. The SMILES string of the molecule is CSC1(CN2CC(O)CC2=O)CC1. The number of aliphatic hydroxyl groups is 1. The van der Waals surface area contributed by atoms with Crippen molar-refractivity contribution >= 4 is 17.7 Å². The van der Waals surface area contributed by atoms with Gasteiger partial charge in [0.15, 0.2) is 0 Å². The van der Waals surface area contributed by atoms with Crippen LogP contribution < -0.4 is 0 Å². The third-order valence-corrected chi connectivity index (χ3v) is 4.32. The van der Waals surface area contributed by atoms with Crippen molar-refractivity contribution < 1.29 is 9.90 Å². The maximum atomic E-state index is 11.4. The average molecular weight is 201 g/mol. The van der Waals surface area contributed by atoms with E-state index < -0.39 is 6.10 Å². The molecule has 3 nitrogen and oxygen atoms in total. The second-order valence-corrected chi connectivity index (χ2v) is 5.29. The van der Waals surface area contributed by atoms with Gasteiger partial charge in [-0.1, -0.05) is 0 Å². The molecule has 1 amide bonds. The molecule has 0 aromatic rings. The van der Waals surface area contributed by atoms with Crippen LogP contribution in [-0.4, -0.2) is 46.1 Å². The topological polar surface area (TPSA) is 40.5 Å². The highest BCUT2D eigenvalue weighted by molar-refractivity contribution is 8.00. The van der Waals surface area contributed by atoms with Crippen molar-refractivity contribution in [1.82, 2.24) is 4.90 Å². The molecule has 0 spiro atoms. The summed E-state index contributed by atoms with van der Waals surface area (Å²) in [4.78, 5) is 13.2. The van der Waals surface area contributed by atoms with E-state index in [0.29, 0.717) is 17.7 Å². The molecule has 2 aliphatic rings. The summed E-state index contributed by atoms with van der Waals surface area (Å²) in [6.07, 6.45) is 4.43. The number of aliphatic hydroxyl groups excluding tert-OH is 1. The molecule has 13 heavy (non-hydrogen) atoms. The van der Waals surface area contributed by atoms with E-state index in [1.54, 1.807) is 0 Å². The molecule has 1 heterocycles. The lowest BCUT2D eigenvalue weighted by Gasteiger charge is -2.21. The monoisotopic (exact) mass is 201 g/mol. The third-order valence-electron chi connectivity index (χ3n) is 2.91. The Labute approximate surface area is 82.5 Å². The summed E-state index contributed by atoms with van der Waals surface area (Å²) in [5.41, 5.74) is 0. The van der Waals surface area contributed by atoms with E-state index in [2.05, 4.69) is 6.26 Å². The molecule has 4 heteroatoms. The van der Waals surface area contributed by atoms with Crippen LogP contribution in [0.3, 0.4) is 0 Å². The first-order valence-corrected chi connectivity index (χ1v) is 5.89. The van der Waals surface area contributed by atoms with Gasteiger partial charge in [0.25, 0.3) is 0 Å². The van der Waals surface area contributed by atoms with Crippen LogP contribution in [0, 0.1) is 0 Å². The fraction of sp³-hybridized carbons (Fsp3) is 0.889. The zero-order valence-corrected chi connectivity index (χ0v) is 8.64. The summed E-state index contributed by atoms with van der Waals surface area (Å²) < 4.78 is 0.333. The number of hydrogen-bond donors (Lipinski definition) is 1. The molecule has 1 saturated carbocycles. The predicted molar refractivity (Wildman–Crippen MR) is 52.7 cm³/mol. The Bertz CT molecular complexity index is 228. The standard InChI is InChI=1S/C9H15NO2S/c1-13-9(2-3-9)6-10-5-7(11)4-8(10)12/h7,11H,2-6H2,1H3. The quantitative estimate of drug-likeness (QED) is 0.722. The van der Waals surface area contributed by atoms with Gasteiger partial charge in [-0.3, -0.25) is 4.79 Å². The van der Waals surface area contributed by atoms with Gasteiger partial charge < -0.3 is 10.0 Å². The normalized spacial score (nSPS) is 31.1. The molecule has 1 aliphatic heterocycles. The largest absolute Gasteiger partial charge is 0.391 e. The fourth-order valence-electron chi connectivity index (χ4n) is 1.82. The van der Waals surface area contributed by atoms with Crippen molar-refractivity contribution in [2.45, 2.75) is 30.1 Å². The zero-order valence-electron chi connectivity index (χ0n) is 7.82. The van der Waals surface area contributed by atoms with Crippen molar-refractivity contribution in [2.24, 2.45) is 0 Å². The van der Waals surface area contributed by atoms with Crippen LogP contribution in [0.1, 0.15) is 19.3 Å². The number of carbonyl (C=O) groups is 1. The predicted octanol–water partition coefficient (Wildman–Crippen LogP) is 0.475. The summed E-state index contributed by atoms with van der Waals surface area (Å²) in [6, 6.07) is 0. The van der Waals surface area contributed by atoms with Gasteiger partial charge in [-0.05, 0) is 19.1 Å². The van der Waals surface area contributed by atoms with Crippen molar-refractivity contribution in [3.8, 4) is 0 Å². The molecule has 1 atom stereocenters. The first-order valence-electron chi connectivity index (χ1n) is 4.66. The van der Waals surface area contributed by atoms with E-state index in [1.807, 2.05) is 16.7 Å². The molecular formula is C9H15NO2S. The van der Waals surface area contributed by atoms with Crippen molar-refractivity contribution in [1.29, 1.82) is 0 Å². The van der Waals surface area contributed by atoms with Crippen LogP contribution in [-0.2, 0) is 4.79 Å². The van der Waals surface area contributed by atoms with Crippen LogP contribution in [0.25, 0.3) is 0 Å². The van der Waals surface area contributed by atoms with E-state index >= 15 is 0 Å². The fourth-order valence-corrected chi connectivity index (χ4v) is 2.61. The van der Waals surface area contributed by atoms with Crippen LogP contribution >= 0.6 is 11.8 Å². The lowest BCUT2D eigenvalue weighted by molar-refractivity contribution is -0.127. The third kappa shape index (κ3) is 1.83. The summed E-state index contributed by atoms with van der Waals surface area (Å²) >= 11 is 1.85. The van der Waals surface area contributed by atoms with Gasteiger partial charge in [-0.2, -0.15) is 11.8 Å². The van der Waals surface area contributed by atoms with Gasteiger partial charge in [0.05, 0.1) is 12.5 Å². The second-order valence-electron chi connectivity index (χ2n) is 4.02. The van der Waals surface area contributed by atoms with Gasteiger partial charge >= 0.3 is 0 Å². The highest BCUT2D eigenvalue weighted by Crippen LogP contribution is 2.48. The molecule has 1 aliphatic carbocycles. The number of thioether (sulfide) groups is 1. The molecule has 74 valence electrons. The van der Waals surface area contributed by atoms with E-state index in [1.165, 1.54) is 12.8 Å². The molecule has 0 aromatic carbocycles. The molecule has 1 N–H and O–H groups in total. The average Bonchev–Trinajstić information content (AvgIpc) is 2.77. The summed E-state index contributed by atoms with van der Waals surface area (Å²) in [7, 11) is 0. The number of β-amino-alcohol motifs (C(OH)–C–C–N with tert-alkyl or cyclic N) is 1. The van der Waals surface area contributed by atoms with Crippen LogP contribution in [0.2, 0.25) is 0 Å². The lowest BCUT2D eigenvalue weighted by Crippen LogP contribution is -2.33. The highest BCUT2D eigenvalue weighted by atomic mass is 32.2. The molecule has 0 bridgehead atoms. The van der Waals surface area contributed by atoms with Crippen molar-refractivity contribution in [3.63, 3.8) is 0 Å². The highest BCUT2D eigenvalue weighted by Gasteiger charge is 2.45. The van der Waals surface area contributed by atoms with E-state index in [0.717, 1.165) is 6.54 Å². The summed E-state index contributed by atoms with van der Waals surface area (Å²) in [5.74, 6) is 0.118. The molecule has 1 unspecified atom stereocenters. The van der Waals surface area contributed by atoms with Crippen LogP contribution in [0.15, 0.2) is 0 Å². The minimum absolute atomic E-state index is 0.118. The van der Waals surface area contributed by atoms with Crippen LogP contribution in [0.5, 0.6) is 0 Å². The number of likely N-dealkylation sites (tertiary alicyclic amines) is 1. The van der Waals surface area contributed by atoms with E-state index in [9.17, 15) is 9.90 Å². The smallest absolute Gasteiger partial charge is 0.225 e. The summed E-state index contributed by atoms with van der Waals surface area (Å²) in [5, 5.41) is 9.29. The second kappa shape index (κ2) is 3.17. The molecule has 0 aromatic heterocycles. The number of hydrogen-bond acceptors (Lipinski definition) is 3. The number of rotatable bonds is 3. The first-order chi connectivity index (χ1) is 6.15. The first kappa shape index (κ1) is 9.34. The number of carbonyl (C=O) groups excluding carboxylic acids is 1. The van der Waals surface area contributed by atoms with Crippen molar-refractivity contribution in [3.05, 3.63) is 0 Å². The minimum Gasteiger partial charge on any atom is -0.391 e. The Hall–Kier alpha value is -0.220. The Morgan fingerprint density at radius 2 is 2.38 bits per heavy atom. The van der Waals surface area contributed by atoms with Gasteiger partial charge in [-0.25, -0.2) is 0 Å². The molecule has 2 fully saturated rings. The van der Waals surface area contributed by atoms with E-state index in [4.69, 9.17) is 0 Å². The molecule has 2 rings (SSSR count). The Morgan fingerprint density at radius 1 is 1.69 bits per heavy atom. The van der Waals surface area contributed by atoms with Gasteiger partial charge in [0.2, 0.25) is 5.91 Å². The van der Waals surface area contributed by atoms with Crippen LogP contribution in [0.4, 0.5) is 0 Å². The minimum atomic E-state index is -0.426. The molecule has 1 saturated heterocycles. The van der Waals surface area contributed by atoms with Gasteiger partial charge in [0, 0.05) is 17.8 Å². The Balaban J connectivity index is 1.91. The maximum absolute atomic E-state index is 11.4. The Morgan fingerprint density at radius 3 is 2.77 bits per heavy atom. The summed E-state index contributed by atoms with van der Waals surface area (Å²) in [6.45, 7) is 1.38. The number of nitrogens with zero attached hydrogens (tertiary/aromatic N) is 1. The number of amides is 1. The Kier molecular flexibility index (Phi) is 2.28. The van der Waals surface area contributed by atoms with E-state index in [-0.39, 0.29) is 5.91 Å². The lowest BCUT2D eigenvalue weighted by atomic mass is 10.3. The molecule has 0 radical (unpaired) electrons.